The number of unbranched alkanes of at least 4 members (excludes halogenated alkanes) is 2. The molecule has 25 heavy (non-hydrogen) atoms. The molecule has 0 aliphatic heterocycles. The minimum Gasteiger partial charge on any atom is -0.493 e. The SMILES string of the molecule is CCCCOC1=CC(OC(=O)CCCC)c2cccc3cccc1c23. The van der Waals surface area contributed by atoms with Gasteiger partial charge in [0.05, 0.1) is 6.61 Å². The summed E-state index contributed by atoms with van der Waals surface area (Å²) in [5.74, 6) is 0.679. The Bertz CT molecular complexity index is 771. The summed E-state index contributed by atoms with van der Waals surface area (Å²) >= 11 is 0. The minimum atomic E-state index is -0.375. The molecule has 3 heteroatoms. The highest BCUT2D eigenvalue weighted by molar-refractivity contribution is 5.97. The zero-order valence-electron chi connectivity index (χ0n) is 15.1. The van der Waals surface area contributed by atoms with Crippen molar-refractivity contribution >= 4 is 22.5 Å². The molecule has 3 nitrogen and oxygen atoms in total. The van der Waals surface area contributed by atoms with Crippen molar-refractivity contribution in [3.63, 3.8) is 0 Å². The Hall–Kier alpha value is -2.29. The highest BCUT2D eigenvalue weighted by Gasteiger charge is 2.25. The molecule has 0 spiro atoms. The van der Waals surface area contributed by atoms with Crippen LogP contribution in [0.25, 0.3) is 16.5 Å². The van der Waals surface area contributed by atoms with Crippen LogP contribution < -0.4 is 0 Å². The zero-order chi connectivity index (χ0) is 17.6. The third kappa shape index (κ3) is 3.87. The fourth-order valence-corrected chi connectivity index (χ4v) is 3.20. The van der Waals surface area contributed by atoms with Crippen LogP contribution in [0.15, 0.2) is 42.5 Å². The van der Waals surface area contributed by atoms with Gasteiger partial charge in [0.1, 0.15) is 11.9 Å². The summed E-state index contributed by atoms with van der Waals surface area (Å²) in [5.41, 5.74) is 2.13. The van der Waals surface area contributed by atoms with Crippen molar-refractivity contribution in [3.8, 4) is 0 Å². The highest BCUT2D eigenvalue weighted by atomic mass is 16.5. The van der Waals surface area contributed by atoms with Gasteiger partial charge < -0.3 is 9.47 Å². The van der Waals surface area contributed by atoms with Crippen molar-refractivity contribution in [1.82, 2.24) is 0 Å². The van der Waals surface area contributed by atoms with E-state index in [0.717, 1.165) is 53.3 Å². The first-order valence-corrected chi connectivity index (χ1v) is 9.30. The van der Waals surface area contributed by atoms with Crippen LogP contribution in [0, 0.1) is 0 Å². The van der Waals surface area contributed by atoms with Gasteiger partial charge in [0, 0.05) is 23.6 Å². The van der Waals surface area contributed by atoms with E-state index >= 15 is 0 Å². The van der Waals surface area contributed by atoms with E-state index in [4.69, 9.17) is 9.47 Å². The summed E-state index contributed by atoms with van der Waals surface area (Å²) in [7, 11) is 0. The molecule has 1 unspecified atom stereocenters. The Morgan fingerprint density at radius 3 is 2.56 bits per heavy atom. The average Bonchev–Trinajstić information content (AvgIpc) is 2.63. The summed E-state index contributed by atoms with van der Waals surface area (Å²) in [4.78, 5) is 12.2. The summed E-state index contributed by atoms with van der Waals surface area (Å²) in [6.45, 7) is 4.90. The third-order valence-electron chi connectivity index (χ3n) is 4.56. The van der Waals surface area contributed by atoms with Crippen LogP contribution >= 0.6 is 0 Å². The second-order valence-electron chi connectivity index (χ2n) is 6.50. The average molecular weight is 338 g/mol. The standard InChI is InChI=1S/C22H26O3/c1-3-5-13-21(23)25-20-15-19(24-14-6-4-2)17-11-7-9-16-10-8-12-18(20)22(16)17/h7-12,15,20H,3-6,13-14H2,1-2H3. The van der Waals surface area contributed by atoms with Gasteiger partial charge in [0.15, 0.2) is 0 Å². The number of benzene rings is 2. The van der Waals surface area contributed by atoms with Crippen molar-refractivity contribution in [2.75, 3.05) is 6.61 Å². The van der Waals surface area contributed by atoms with Gasteiger partial charge in [-0.25, -0.2) is 0 Å². The molecule has 2 aromatic rings. The maximum absolute atomic E-state index is 12.2. The summed E-state index contributed by atoms with van der Waals surface area (Å²) in [6.07, 6.45) is 5.98. The molecule has 0 heterocycles. The molecule has 2 aromatic carbocycles. The number of carbonyl (C=O) groups is 1. The van der Waals surface area contributed by atoms with Gasteiger partial charge >= 0.3 is 5.97 Å². The van der Waals surface area contributed by atoms with Crippen LogP contribution in [0.3, 0.4) is 0 Å². The molecule has 0 saturated heterocycles. The molecule has 1 aliphatic rings. The first-order valence-electron chi connectivity index (χ1n) is 9.30. The minimum absolute atomic E-state index is 0.146. The van der Waals surface area contributed by atoms with Crippen molar-refractivity contribution in [1.29, 1.82) is 0 Å². The monoisotopic (exact) mass is 338 g/mol. The molecule has 1 aliphatic carbocycles. The van der Waals surface area contributed by atoms with E-state index in [-0.39, 0.29) is 12.1 Å². The zero-order valence-corrected chi connectivity index (χ0v) is 15.1. The fourth-order valence-electron chi connectivity index (χ4n) is 3.20. The molecule has 0 bridgehead atoms. The van der Waals surface area contributed by atoms with Crippen LogP contribution in [0.5, 0.6) is 0 Å². The van der Waals surface area contributed by atoms with Gasteiger partial charge in [-0.3, -0.25) is 4.79 Å². The molecule has 132 valence electrons. The number of hydrogen-bond donors (Lipinski definition) is 0. The molecule has 0 N–H and O–H groups in total. The number of carbonyl (C=O) groups excluding carboxylic acids is 1. The molecular formula is C22H26O3. The van der Waals surface area contributed by atoms with E-state index < -0.39 is 0 Å². The van der Waals surface area contributed by atoms with Crippen molar-refractivity contribution in [2.45, 2.75) is 52.1 Å². The smallest absolute Gasteiger partial charge is 0.306 e. The van der Waals surface area contributed by atoms with Crippen LogP contribution in [0.2, 0.25) is 0 Å². The van der Waals surface area contributed by atoms with Gasteiger partial charge in [0.25, 0.3) is 0 Å². The summed E-state index contributed by atoms with van der Waals surface area (Å²) in [6, 6.07) is 12.4. The Labute approximate surface area is 149 Å². The van der Waals surface area contributed by atoms with Crippen molar-refractivity contribution < 1.29 is 14.3 Å². The topological polar surface area (TPSA) is 35.5 Å². The van der Waals surface area contributed by atoms with E-state index in [9.17, 15) is 4.79 Å². The molecule has 0 amide bonds. The van der Waals surface area contributed by atoms with E-state index in [1.165, 1.54) is 0 Å². The molecule has 0 saturated carbocycles. The van der Waals surface area contributed by atoms with E-state index in [1.54, 1.807) is 0 Å². The molecular weight excluding hydrogens is 312 g/mol. The van der Waals surface area contributed by atoms with Crippen LogP contribution in [0.1, 0.15) is 63.2 Å². The van der Waals surface area contributed by atoms with Crippen LogP contribution in [-0.2, 0) is 14.3 Å². The second kappa shape index (κ2) is 8.19. The Kier molecular flexibility index (Phi) is 5.75. The van der Waals surface area contributed by atoms with Crippen molar-refractivity contribution in [2.24, 2.45) is 0 Å². The Morgan fingerprint density at radius 1 is 1.04 bits per heavy atom. The quantitative estimate of drug-likeness (QED) is 0.452. The lowest BCUT2D eigenvalue weighted by Gasteiger charge is -2.25. The number of ether oxygens (including phenoxy) is 2. The normalized spacial score (nSPS) is 15.8. The van der Waals surface area contributed by atoms with Gasteiger partial charge in [-0.15, -0.1) is 0 Å². The Balaban J connectivity index is 1.94. The van der Waals surface area contributed by atoms with Crippen LogP contribution in [0.4, 0.5) is 0 Å². The fraction of sp³-hybridized carbons (Fsp3) is 0.409. The molecule has 0 radical (unpaired) electrons. The summed E-state index contributed by atoms with van der Waals surface area (Å²) in [5, 5.41) is 2.28. The van der Waals surface area contributed by atoms with E-state index in [1.807, 2.05) is 24.3 Å². The number of esters is 1. The molecule has 1 atom stereocenters. The lowest BCUT2D eigenvalue weighted by Crippen LogP contribution is -2.14. The van der Waals surface area contributed by atoms with E-state index in [0.29, 0.717) is 13.0 Å². The lowest BCUT2D eigenvalue weighted by molar-refractivity contribution is -0.147. The van der Waals surface area contributed by atoms with E-state index in [2.05, 4.69) is 32.0 Å². The predicted molar refractivity (Wildman–Crippen MR) is 101 cm³/mol. The third-order valence-corrected chi connectivity index (χ3v) is 4.56. The molecule has 0 fully saturated rings. The van der Waals surface area contributed by atoms with Crippen LogP contribution in [-0.4, -0.2) is 12.6 Å². The van der Waals surface area contributed by atoms with Gasteiger partial charge in [0.2, 0.25) is 0 Å². The predicted octanol–water partition coefficient (Wildman–Crippen LogP) is 5.79. The van der Waals surface area contributed by atoms with Crippen molar-refractivity contribution in [3.05, 3.63) is 53.6 Å². The maximum Gasteiger partial charge on any atom is 0.306 e. The Morgan fingerprint density at radius 2 is 1.80 bits per heavy atom. The molecule has 0 aromatic heterocycles. The first-order chi connectivity index (χ1) is 12.2. The number of hydrogen-bond acceptors (Lipinski definition) is 3. The summed E-state index contributed by atoms with van der Waals surface area (Å²) < 4.78 is 11.8. The number of rotatable bonds is 8. The highest BCUT2D eigenvalue weighted by Crippen LogP contribution is 2.39. The maximum atomic E-state index is 12.2. The van der Waals surface area contributed by atoms with Gasteiger partial charge in [-0.2, -0.15) is 0 Å². The van der Waals surface area contributed by atoms with Gasteiger partial charge in [-0.05, 0) is 23.6 Å². The van der Waals surface area contributed by atoms with Gasteiger partial charge in [-0.1, -0.05) is 63.1 Å². The largest absolute Gasteiger partial charge is 0.493 e. The lowest BCUT2D eigenvalue weighted by atomic mass is 9.90. The second-order valence-corrected chi connectivity index (χ2v) is 6.50. The first kappa shape index (κ1) is 17.5. The molecule has 3 rings (SSSR count).